The summed E-state index contributed by atoms with van der Waals surface area (Å²) in [5, 5.41) is 0. The Morgan fingerprint density at radius 2 is 1.11 bits per heavy atom. The van der Waals surface area contributed by atoms with Crippen LogP contribution in [0.25, 0.3) is 0 Å². The second kappa shape index (κ2) is 6.03. The van der Waals surface area contributed by atoms with E-state index in [0.717, 1.165) is 12.8 Å². The van der Waals surface area contributed by atoms with Crippen LogP contribution in [0.3, 0.4) is 0 Å². The molecular weight excluding hydrogens is 232 g/mol. The zero-order valence-electron chi connectivity index (χ0n) is 11.1. The minimum atomic E-state index is -0.682. The lowest BCUT2D eigenvalue weighted by Gasteiger charge is -2.25. The molecule has 4 heteroatoms. The maximum absolute atomic E-state index is 11.1. The molecule has 0 aromatic carbocycles. The highest BCUT2D eigenvalue weighted by atomic mass is 16.2. The Labute approximate surface area is 107 Å². The van der Waals surface area contributed by atoms with Crippen LogP contribution < -0.4 is 0 Å². The highest BCUT2D eigenvalue weighted by molar-refractivity contribution is 6.08. The number of hydrogen-bond donors (Lipinski definition) is 0. The van der Waals surface area contributed by atoms with Gasteiger partial charge in [0.05, 0.1) is 11.8 Å². The SMILES string of the molecule is CC1(C)C(=O)CCCC1=O.O=C1CCCC(=O)C1. The third-order valence-electron chi connectivity index (χ3n) is 3.51. The van der Waals surface area contributed by atoms with Crippen LogP contribution in [0.15, 0.2) is 0 Å². The molecule has 0 amide bonds. The Kier molecular flexibility index (Phi) is 4.93. The van der Waals surface area contributed by atoms with Gasteiger partial charge in [-0.25, -0.2) is 0 Å². The summed E-state index contributed by atoms with van der Waals surface area (Å²) in [6, 6.07) is 0. The first-order valence-corrected chi connectivity index (χ1v) is 6.44. The summed E-state index contributed by atoms with van der Waals surface area (Å²) in [6.07, 6.45) is 4.12. The fourth-order valence-corrected chi connectivity index (χ4v) is 2.07. The molecule has 2 saturated carbocycles. The Morgan fingerprint density at radius 1 is 0.722 bits per heavy atom. The predicted molar refractivity (Wildman–Crippen MR) is 66.1 cm³/mol. The molecule has 0 radical (unpaired) electrons. The van der Waals surface area contributed by atoms with Gasteiger partial charge in [-0.05, 0) is 26.7 Å². The van der Waals surface area contributed by atoms with Crippen LogP contribution >= 0.6 is 0 Å². The van der Waals surface area contributed by atoms with Gasteiger partial charge < -0.3 is 0 Å². The average molecular weight is 252 g/mol. The zero-order valence-corrected chi connectivity index (χ0v) is 11.1. The molecule has 2 rings (SSSR count). The van der Waals surface area contributed by atoms with E-state index >= 15 is 0 Å². The molecule has 0 aliphatic heterocycles. The van der Waals surface area contributed by atoms with Gasteiger partial charge in [0.15, 0.2) is 0 Å². The number of rotatable bonds is 0. The molecule has 2 aliphatic carbocycles. The first-order chi connectivity index (χ1) is 8.34. The van der Waals surface area contributed by atoms with Gasteiger partial charge in [-0.1, -0.05) is 0 Å². The molecule has 0 aromatic heterocycles. The second-order valence-corrected chi connectivity index (χ2v) is 5.43. The number of carbonyl (C=O) groups excluding carboxylic acids is 4. The van der Waals surface area contributed by atoms with E-state index in [1.54, 1.807) is 13.8 Å². The van der Waals surface area contributed by atoms with Crippen molar-refractivity contribution in [2.24, 2.45) is 5.41 Å². The van der Waals surface area contributed by atoms with Crippen LogP contribution in [0.5, 0.6) is 0 Å². The number of carbonyl (C=O) groups is 4. The van der Waals surface area contributed by atoms with Crippen molar-refractivity contribution in [1.29, 1.82) is 0 Å². The van der Waals surface area contributed by atoms with E-state index in [0.29, 0.717) is 25.7 Å². The maximum atomic E-state index is 11.1. The van der Waals surface area contributed by atoms with Crippen molar-refractivity contribution in [3.63, 3.8) is 0 Å². The second-order valence-electron chi connectivity index (χ2n) is 5.43. The predicted octanol–water partition coefficient (Wildman–Crippen LogP) is 2.03. The van der Waals surface area contributed by atoms with Crippen LogP contribution in [0.1, 0.15) is 58.8 Å². The molecule has 0 spiro atoms. The summed E-state index contributed by atoms with van der Waals surface area (Å²) >= 11 is 0. The lowest BCUT2D eigenvalue weighted by atomic mass is 9.75. The number of ketones is 4. The molecule has 4 nitrogen and oxygen atoms in total. The molecule has 18 heavy (non-hydrogen) atoms. The standard InChI is InChI=1S/C8H12O2.C6H8O2/c1-8(2)6(9)4-3-5-7(8)10;7-5-2-1-3-6(8)4-5/h3-5H2,1-2H3;1-4H2. The van der Waals surface area contributed by atoms with E-state index < -0.39 is 5.41 Å². The van der Waals surface area contributed by atoms with E-state index in [1.165, 1.54) is 0 Å². The Bertz CT molecular complexity index is 347. The van der Waals surface area contributed by atoms with Gasteiger partial charge in [-0.2, -0.15) is 0 Å². The largest absolute Gasteiger partial charge is 0.299 e. The minimum Gasteiger partial charge on any atom is -0.299 e. The molecule has 0 N–H and O–H groups in total. The quantitative estimate of drug-likeness (QED) is 0.619. The summed E-state index contributed by atoms with van der Waals surface area (Å²) in [5.74, 6) is 0.426. The Hall–Kier alpha value is -1.32. The first kappa shape index (κ1) is 14.7. The first-order valence-electron chi connectivity index (χ1n) is 6.44. The fourth-order valence-electron chi connectivity index (χ4n) is 2.07. The molecule has 0 saturated heterocycles. The molecule has 0 atom stereocenters. The van der Waals surface area contributed by atoms with Crippen LogP contribution in [-0.4, -0.2) is 23.1 Å². The van der Waals surface area contributed by atoms with Gasteiger partial charge in [-0.3, -0.25) is 19.2 Å². The smallest absolute Gasteiger partial charge is 0.145 e. The molecule has 0 bridgehead atoms. The van der Waals surface area contributed by atoms with Crippen molar-refractivity contribution >= 4 is 23.1 Å². The number of Topliss-reactive ketones (excluding diaryl/α,β-unsaturated/α-hetero) is 4. The van der Waals surface area contributed by atoms with Gasteiger partial charge in [-0.15, -0.1) is 0 Å². The van der Waals surface area contributed by atoms with Gasteiger partial charge in [0, 0.05) is 25.7 Å². The lowest BCUT2D eigenvalue weighted by Crippen LogP contribution is -2.36. The van der Waals surface area contributed by atoms with Gasteiger partial charge in [0.25, 0.3) is 0 Å². The van der Waals surface area contributed by atoms with Gasteiger partial charge >= 0.3 is 0 Å². The van der Waals surface area contributed by atoms with E-state index in [4.69, 9.17) is 0 Å². The fraction of sp³-hybridized carbons (Fsp3) is 0.714. The average Bonchev–Trinajstić information content (AvgIpc) is 2.27. The third kappa shape index (κ3) is 3.86. The minimum absolute atomic E-state index is 0.101. The molecule has 0 unspecified atom stereocenters. The molecule has 0 heterocycles. The van der Waals surface area contributed by atoms with Gasteiger partial charge in [0.1, 0.15) is 23.1 Å². The highest BCUT2D eigenvalue weighted by Gasteiger charge is 2.37. The summed E-state index contributed by atoms with van der Waals surface area (Å²) < 4.78 is 0. The lowest BCUT2D eigenvalue weighted by molar-refractivity contribution is -0.141. The van der Waals surface area contributed by atoms with Crippen molar-refractivity contribution < 1.29 is 19.2 Å². The van der Waals surface area contributed by atoms with Crippen molar-refractivity contribution in [3.05, 3.63) is 0 Å². The Morgan fingerprint density at radius 3 is 1.39 bits per heavy atom. The monoisotopic (exact) mass is 252 g/mol. The molecular formula is C14H20O4. The summed E-state index contributed by atoms with van der Waals surface area (Å²) in [5.41, 5.74) is -0.682. The Balaban J connectivity index is 0.000000184. The molecule has 2 aliphatic rings. The topological polar surface area (TPSA) is 68.3 Å². The maximum Gasteiger partial charge on any atom is 0.145 e. The number of hydrogen-bond acceptors (Lipinski definition) is 4. The molecule has 0 aromatic rings. The van der Waals surface area contributed by atoms with Gasteiger partial charge in [0.2, 0.25) is 0 Å². The van der Waals surface area contributed by atoms with Crippen LogP contribution in [0.4, 0.5) is 0 Å². The third-order valence-corrected chi connectivity index (χ3v) is 3.51. The summed E-state index contributed by atoms with van der Waals surface area (Å²) in [4.78, 5) is 43.1. The van der Waals surface area contributed by atoms with E-state index in [9.17, 15) is 19.2 Å². The molecule has 2 fully saturated rings. The van der Waals surface area contributed by atoms with Crippen molar-refractivity contribution in [3.8, 4) is 0 Å². The summed E-state index contributed by atoms with van der Waals surface area (Å²) in [7, 11) is 0. The highest BCUT2D eigenvalue weighted by Crippen LogP contribution is 2.28. The van der Waals surface area contributed by atoms with Crippen LogP contribution in [0, 0.1) is 5.41 Å². The van der Waals surface area contributed by atoms with Crippen molar-refractivity contribution in [2.75, 3.05) is 0 Å². The summed E-state index contributed by atoms with van der Waals surface area (Å²) in [6.45, 7) is 3.44. The van der Waals surface area contributed by atoms with E-state index in [1.807, 2.05) is 0 Å². The molecule has 100 valence electrons. The van der Waals surface area contributed by atoms with E-state index in [2.05, 4.69) is 0 Å². The van der Waals surface area contributed by atoms with Crippen molar-refractivity contribution in [1.82, 2.24) is 0 Å². The van der Waals surface area contributed by atoms with Crippen LogP contribution in [0.2, 0.25) is 0 Å². The van der Waals surface area contributed by atoms with E-state index in [-0.39, 0.29) is 29.6 Å². The zero-order chi connectivity index (χ0) is 13.8. The normalized spacial score (nSPS) is 23.4. The van der Waals surface area contributed by atoms with Crippen molar-refractivity contribution in [2.45, 2.75) is 58.8 Å². The van der Waals surface area contributed by atoms with Crippen LogP contribution in [-0.2, 0) is 19.2 Å².